The Balaban J connectivity index is 1.40. The lowest BCUT2D eigenvalue weighted by atomic mass is 10.3. The first kappa shape index (κ1) is 16.1. The molecule has 3 rings (SSSR count). The second kappa shape index (κ2) is 7.64. The number of amides is 1. The highest BCUT2D eigenvalue weighted by Gasteiger charge is 2.05. The molecule has 1 aromatic carbocycles. The van der Waals surface area contributed by atoms with E-state index < -0.39 is 0 Å². The minimum Gasteiger partial charge on any atom is -0.494 e. The van der Waals surface area contributed by atoms with E-state index in [4.69, 9.17) is 4.74 Å². The van der Waals surface area contributed by atoms with Gasteiger partial charge in [0.25, 0.3) is 0 Å². The van der Waals surface area contributed by atoms with E-state index in [1.54, 1.807) is 0 Å². The standard InChI is InChI=1S/C19H21N3O2/c1-15-9-10-18-21-16(14-22(18)13-15)12-20-19(23)8-5-11-24-17-6-3-2-4-7-17/h2-4,6-7,9-10,13-14H,5,8,11-12H2,1H3,(H,20,23). The van der Waals surface area contributed by atoms with Gasteiger partial charge < -0.3 is 14.5 Å². The lowest BCUT2D eigenvalue weighted by Gasteiger charge is -2.06. The molecule has 124 valence electrons. The lowest BCUT2D eigenvalue weighted by molar-refractivity contribution is -0.121. The lowest BCUT2D eigenvalue weighted by Crippen LogP contribution is -2.23. The average molecular weight is 323 g/mol. The minimum atomic E-state index is 0.0138. The quantitative estimate of drug-likeness (QED) is 0.680. The van der Waals surface area contributed by atoms with Gasteiger partial charge in [-0.2, -0.15) is 0 Å². The summed E-state index contributed by atoms with van der Waals surface area (Å²) in [6, 6.07) is 13.6. The number of fused-ring (bicyclic) bond motifs is 1. The Hall–Kier alpha value is -2.82. The van der Waals surface area contributed by atoms with E-state index in [9.17, 15) is 4.79 Å². The van der Waals surface area contributed by atoms with Gasteiger partial charge in [-0.25, -0.2) is 4.98 Å². The summed E-state index contributed by atoms with van der Waals surface area (Å²) < 4.78 is 7.55. The number of para-hydroxylation sites is 1. The maximum Gasteiger partial charge on any atom is 0.220 e. The van der Waals surface area contributed by atoms with E-state index in [0.717, 1.165) is 17.1 Å². The number of aryl methyl sites for hydroxylation is 1. The van der Waals surface area contributed by atoms with E-state index in [1.807, 2.05) is 66.2 Å². The summed E-state index contributed by atoms with van der Waals surface area (Å²) in [4.78, 5) is 16.4. The zero-order valence-corrected chi connectivity index (χ0v) is 13.7. The topological polar surface area (TPSA) is 55.6 Å². The van der Waals surface area contributed by atoms with Crippen molar-refractivity contribution in [2.45, 2.75) is 26.3 Å². The van der Waals surface area contributed by atoms with Crippen molar-refractivity contribution < 1.29 is 9.53 Å². The number of carbonyl (C=O) groups excluding carboxylic acids is 1. The van der Waals surface area contributed by atoms with Gasteiger partial charge in [-0.15, -0.1) is 0 Å². The molecule has 1 amide bonds. The first-order valence-corrected chi connectivity index (χ1v) is 8.09. The molecule has 0 aliphatic carbocycles. The maximum absolute atomic E-state index is 11.9. The molecule has 24 heavy (non-hydrogen) atoms. The SMILES string of the molecule is Cc1ccc2nc(CNC(=O)CCCOc3ccccc3)cn2c1. The molecule has 5 nitrogen and oxygen atoms in total. The highest BCUT2D eigenvalue weighted by atomic mass is 16.5. The van der Waals surface area contributed by atoms with Crippen LogP contribution < -0.4 is 10.1 Å². The van der Waals surface area contributed by atoms with Gasteiger partial charge in [-0.1, -0.05) is 24.3 Å². The first-order valence-electron chi connectivity index (χ1n) is 8.09. The molecule has 3 aromatic rings. The third-order valence-electron chi connectivity index (χ3n) is 3.68. The fourth-order valence-corrected chi connectivity index (χ4v) is 2.46. The van der Waals surface area contributed by atoms with Crippen LogP contribution in [-0.4, -0.2) is 21.9 Å². The number of hydrogen-bond donors (Lipinski definition) is 1. The smallest absolute Gasteiger partial charge is 0.220 e. The van der Waals surface area contributed by atoms with Crippen LogP contribution >= 0.6 is 0 Å². The van der Waals surface area contributed by atoms with Crippen molar-refractivity contribution in [1.29, 1.82) is 0 Å². The summed E-state index contributed by atoms with van der Waals surface area (Å²) >= 11 is 0. The van der Waals surface area contributed by atoms with Crippen LogP contribution in [0.3, 0.4) is 0 Å². The van der Waals surface area contributed by atoms with E-state index in [-0.39, 0.29) is 5.91 Å². The summed E-state index contributed by atoms with van der Waals surface area (Å²) in [5.41, 5.74) is 2.92. The van der Waals surface area contributed by atoms with Gasteiger partial charge in [-0.3, -0.25) is 4.79 Å². The van der Waals surface area contributed by atoms with Crippen LogP contribution in [0.4, 0.5) is 0 Å². The molecule has 0 bridgehead atoms. The van der Waals surface area contributed by atoms with Gasteiger partial charge in [0.1, 0.15) is 11.4 Å². The largest absolute Gasteiger partial charge is 0.494 e. The third-order valence-corrected chi connectivity index (χ3v) is 3.68. The Kier molecular flexibility index (Phi) is 5.11. The average Bonchev–Trinajstić information content (AvgIpc) is 3.00. The van der Waals surface area contributed by atoms with Crippen LogP contribution in [0.25, 0.3) is 5.65 Å². The normalized spacial score (nSPS) is 10.7. The highest BCUT2D eigenvalue weighted by molar-refractivity contribution is 5.75. The Bertz CT molecular complexity index is 812. The Morgan fingerprint density at radius 1 is 1.17 bits per heavy atom. The number of rotatable bonds is 7. The number of pyridine rings is 1. The molecule has 5 heteroatoms. The third kappa shape index (κ3) is 4.35. The number of nitrogens with one attached hydrogen (secondary N) is 1. The monoisotopic (exact) mass is 323 g/mol. The molecule has 2 aromatic heterocycles. The van der Waals surface area contributed by atoms with Crippen molar-refractivity contribution in [3.8, 4) is 5.75 Å². The predicted molar refractivity (Wildman–Crippen MR) is 92.9 cm³/mol. The zero-order valence-electron chi connectivity index (χ0n) is 13.7. The van der Waals surface area contributed by atoms with Crippen molar-refractivity contribution >= 4 is 11.6 Å². The van der Waals surface area contributed by atoms with Gasteiger partial charge >= 0.3 is 0 Å². The Morgan fingerprint density at radius 2 is 2.00 bits per heavy atom. The van der Waals surface area contributed by atoms with E-state index in [2.05, 4.69) is 10.3 Å². The fourth-order valence-electron chi connectivity index (χ4n) is 2.46. The van der Waals surface area contributed by atoms with E-state index in [0.29, 0.717) is 26.0 Å². The Morgan fingerprint density at radius 3 is 2.83 bits per heavy atom. The molecule has 0 spiro atoms. The minimum absolute atomic E-state index is 0.0138. The number of hydrogen-bond acceptors (Lipinski definition) is 3. The molecule has 0 saturated heterocycles. The molecular weight excluding hydrogens is 302 g/mol. The summed E-state index contributed by atoms with van der Waals surface area (Å²) in [5, 5.41) is 2.90. The number of nitrogens with zero attached hydrogens (tertiary/aromatic N) is 2. The highest BCUT2D eigenvalue weighted by Crippen LogP contribution is 2.09. The number of imidazole rings is 1. The van der Waals surface area contributed by atoms with Gasteiger partial charge in [0, 0.05) is 18.8 Å². The molecule has 1 N–H and O–H groups in total. The van der Waals surface area contributed by atoms with Gasteiger partial charge in [0.15, 0.2) is 0 Å². The van der Waals surface area contributed by atoms with E-state index >= 15 is 0 Å². The molecule has 0 radical (unpaired) electrons. The molecule has 0 saturated carbocycles. The van der Waals surface area contributed by atoms with Crippen LogP contribution in [0.1, 0.15) is 24.1 Å². The number of aromatic nitrogens is 2. The molecule has 0 aliphatic rings. The second-order valence-electron chi connectivity index (χ2n) is 5.75. The predicted octanol–water partition coefficient (Wildman–Crippen LogP) is 3.12. The van der Waals surface area contributed by atoms with Crippen molar-refractivity contribution in [2.75, 3.05) is 6.61 Å². The van der Waals surface area contributed by atoms with Crippen molar-refractivity contribution in [2.24, 2.45) is 0 Å². The molecule has 0 fully saturated rings. The Labute approximate surface area is 141 Å². The van der Waals surface area contributed by atoms with Gasteiger partial charge in [-0.05, 0) is 37.1 Å². The van der Waals surface area contributed by atoms with Gasteiger partial charge in [0.2, 0.25) is 5.91 Å². The fraction of sp³-hybridized carbons (Fsp3) is 0.263. The number of benzene rings is 1. The van der Waals surface area contributed by atoms with Crippen LogP contribution in [0.15, 0.2) is 54.9 Å². The second-order valence-corrected chi connectivity index (χ2v) is 5.75. The van der Waals surface area contributed by atoms with Crippen molar-refractivity contribution in [3.05, 3.63) is 66.1 Å². The number of ether oxygens (including phenoxy) is 1. The summed E-state index contributed by atoms with van der Waals surface area (Å²) in [6.45, 7) is 3.02. The molecule has 0 unspecified atom stereocenters. The van der Waals surface area contributed by atoms with Crippen molar-refractivity contribution in [1.82, 2.24) is 14.7 Å². The summed E-state index contributed by atoms with van der Waals surface area (Å²) in [5.74, 6) is 0.845. The maximum atomic E-state index is 11.9. The molecule has 0 atom stereocenters. The van der Waals surface area contributed by atoms with Crippen LogP contribution in [0, 0.1) is 6.92 Å². The van der Waals surface area contributed by atoms with Crippen LogP contribution in [0.5, 0.6) is 5.75 Å². The molecule has 0 aliphatic heterocycles. The molecular formula is C19H21N3O2. The van der Waals surface area contributed by atoms with E-state index in [1.165, 1.54) is 5.56 Å². The molecule has 2 heterocycles. The zero-order chi connectivity index (χ0) is 16.8. The summed E-state index contributed by atoms with van der Waals surface area (Å²) in [6.07, 6.45) is 5.10. The number of carbonyl (C=O) groups is 1. The van der Waals surface area contributed by atoms with Crippen LogP contribution in [0.2, 0.25) is 0 Å². The van der Waals surface area contributed by atoms with Crippen LogP contribution in [-0.2, 0) is 11.3 Å². The summed E-state index contributed by atoms with van der Waals surface area (Å²) in [7, 11) is 0. The van der Waals surface area contributed by atoms with Gasteiger partial charge in [0.05, 0.1) is 18.8 Å². The first-order chi connectivity index (χ1) is 11.7. The van der Waals surface area contributed by atoms with Crippen molar-refractivity contribution in [3.63, 3.8) is 0 Å².